The minimum Gasteiger partial charge on any atom is -0.756 e. The van der Waals surface area contributed by atoms with Gasteiger partial charge in [-0.15, -0.1) is 0 Å². The maximum absolute atomic E-state index is 11.7. The number of quaternary nitrogens is 1. The van der Waals surface area contributed by atoms with Gasteiger partial charge in [-0.25, -0.2) is 0 Å². The topological polar surface area (TPSA) is 88.0 Å². The lowest BCUT2D eigenvalue weighted by Gasteiger charge is -2.27. The Labute approximate surface area is 216 Å². The van der Waals surface area contributed by atoms with Crippen molar-refractivity contribution in [2.24, 2.45) is 0 Å². The van der Waals surface area contributed by atoms with Gasteiger partial charge in [0, 0.05) is 6.61 Å². The summed E-state index contributed by atoms with van der Waals surface area (Å²) in [6, 6.07) is 0. The largest absolute Gasteiger partial charge is 0.756 e. The van der Waals surface area contributed by atoms with Gasteiger partial charge in [-0.2, -0.15) is 0 Å². The van der Waals surface area contributed by atoms with E-state index in [1.807, 2.05) is 21.1 Å². The number of phosphoric acid groups is 1. The molecule has 2 atom stereocenters. The van der Waals surface area contributed by atoms with Gasteiger partial charge < -0.3 is 28.3 Å². The van der Waals surface area contributed by atoms with Crippen LogP contribution in [0.3, 0.4) is 0 Å². The molecule has 0 rings (SSSR count). The van der Waals surface area contributed by atoms with Gasteiger partial charge >= 0.3 is 0 Å². The zero-order chi connectivity index (χ0) is 26.3. The Bertz CT molecular complexity index is 538. The lowest BCUT2D eigenvalue weighted by atomic mass is 10.0. The van der Waals surface area contributed by atoms with Crippen molar-refractivity contribution in [2.75, 3.05) is 54.1 Å². The number of hydrogen-bond donors (Lipinski definition) is 1. The Morgan fingerprint density at radius 2 is 1.29 bits per heavy atom. The summed E-state index contributed by atoms with van der Waals surface area (Å²) in [6.45, 7) is 3.06. The van der Waals surface area contributed by atoms with E-state index in [2.05, 4.69) is 19.1 Å². The van der Waals surface area contributed by atoms with Gasteiger partial charge in [0.25, 0.3) is 7.82 Å². The van der Waals surface area contributed by atoms with E-state index in [9.17, 15) is 14.6 Å². The van der Waals surface area contributed by atoms with Gasteiger partial charge in [-0.05, 0) is 25.7 Å². The fraction of sp³-hybridized carbons (Fsp3) is 0.926. The minimum atomic E-state index is -4.40. The minimum absolute atomic E-state index is 0.0431. The van der Waals surface area contributed by atoms with Crippen LogP contribution in [0.2, 0.25) is 0 Å². The molecule has 7 nitrogen and oxygen atoms in total. The molecule has 8 heteroatoms. The number of unbranched alkanes of at least 4 members (excludes halogenated alkanes) is 13. The van der Waals surface area contributed by atoms with Crippen LogP contribution < -0.4 is 4.89 Å². The van der Waals surface area contributed by atoms with Crippen LogP contribution in [-0.4, -0.2) is 69.8 Å². The first-order valence-electron chi connectivity index (χ1n) is 14.0. The molecule has 210 valence electrons. The van der Waals surface area contributed by atoms with Crippen molar-refractivity contribution in [2.45, 2.75) is 109 Å². The molecule has 0 spiro atoms. The highest BCUT2D eigenvalue weighted by Gasteiger charge is 2.15. The van der Waals surface area contributed by atoms with Gasteiger partial charge in [-0.3, -0.25) is 4.57 Å². The molecule has 0 aromatic carbocycles. The third kappa shape index (κ3) is 28.2. The van der Waals surface area contributed by atoms with Crippen molar-refractivity contribution < 1.29 is 32.8 Å². The van der Waals surface area contributed by atoms with Crippen molar-refractivity contribution in [1.82, 2.24) is 0 Å². The van der Waals surface area contributed by atoms with Crippen LogP contribution in [-0.2, 0) is 18.3 Å². The Morgan fingerprint density at radius 3 is 1.83 bits per heavy atom. The van der Waals surface area contributed by atoms with Gasteiger partial charge in [0.2, 0.25) is 0 Å². The molecule has 0 aliphatic heterocycles. The third-order valence-electron chi connectivity index (χ3n) is 5.80. The number of rotatable bonds is 26. The first kappa shape index (κ1) is 34.7. The van der Waals surface area contributed by atoms with Gasteiger partial charge in [0.15, 0.2) is 0 Å². The molecule has 0 fully saturated rings. The Balaban J connectivity index is 3.44. The number of allylic oxidation sites excluding steroid dienone is 2. The highest BCUT2D eigenvalue weighted by molar-refractivity contribution is 7.45. The van der Waals surface area contributed by atoms with Crippen molar-refractivity contribution in [3.05, 3.63) is 12.2 Å². The highest BCUT2D eigenvalue weighted by atomic mass is 31.2. The predicted octanol–water partition coefficient (Wildman–Crippen LogP) is 6.00. The SMILES string of the molecule is CCCCCCCCCCCCCC/C=C\CCCOC[C@@H](O)COP(=O)([O-])OCC[N+](C)(C)C. The molecule has 0 saturated carbocycles. The molecule has 1 unspecified atom stereocenters. The zero-order valence-electron chi connectivity index (χ0n) is 23.3. The van der Waals surface area contributed by atoms with Gasteiger partial charge in [0.1, 0.15) is 19.3 Å². The van der Waals surface area contributed by atoms with Crippen LogP contribution >= 0.6 is 7.82 Å². The fourth-order valence-electron chi connectivity index (χ4n) is 3.55. The Hall–Kier alpha value is -0.270. The highest BCUT2D eigenvalue weighted by Crippen LogP contribution is 2.38. The number of phosphoric ester groups is 1. The standard InChI is InChI=1S/C27H56NO6P/c1-5-6-7-8-9-10-11-12-13-14-15-16-17-18-19-20-21-23-32-25-27(29)26-34-35(30,31)33-24-22-28(2,3)4/h18-19,27,29H,5-17,20-26H2,1-4H3/b19-18-/t27-/m1/s1. The molecule has 0 radical (unpaired) electrons. The zero-order valence-corrected chi connectivity index (χ0v) is 24.2. The van der Waals surface area contributed by atoms with E-state index in [1.54, 1.807) is 0 Å². The Morgan fingerprint density at radius 1 is 0.771 bits per heavy atom. The van der Waals surface area contributed by atoms with E-state index in [4.69, 9.17) is 13.8 Å². The number of aliphatic hydroxyl groups is 1. The van der Waals surface area contributed by atoms with Crippen molar-refractivity contribution in [3.63, 3.8) is 0 Å². The van der Waals surface area contributed by atoms with E-state index in [0.29, 0.717) is 17.6 Å². The number of aliphatic hydroxyl groups excluding tert-OH is 1. The summed E-state index contributed by atoms with van der Waals surface area (Å²) in [4.78, 5) is 11.7. The monoisotopic (exact) mass is 521 g/mol. The molecular weight excluding hydrogens is 465 g/mol. The fourth-order valence-corrected chi connectivity index (χ4v) is 4.29. The summed E-state index contributed by atoms with van der Waals surface area (Å²) < 4.78 is 27.2. The average Bonchev–Trinajstić information content (AvgIpc) is 2.78. The molecule has 1 N–H and O–H groups in total. The quantitative estimate of drug-likeness (QED) is 0.0650. The molecule has 0 saturated heterocycles. The molecule has 0 heterocycles. The number of hydrogen-bond acceptors (Lipinski definition) is 6. The summed E-state index contributed by atoms with van der Waals surface area (Å²) in [5.74, 6) is 0. The van der Waals surface area contributed by atoms with Crippen LogP contribution in [0, 0.1) is 0 Å². The molecule has 0 amide bonds. The summed E-state index contributed by atoms with van der Waals surface area (Å²) >= 11 is 0. The van der Waals surface area contributed by atoms with Crippen LogP contribution in [0.5, 0.6) is 0 Å². The molecule has 0 aliphatic carbocycles. The van der Waals surface area contributed by atoms with Crippen molar-refractivity contribution in [3.8, 4) is 0 Å². The second-order valence-electron chi connectivity index (χ2n) is 10.6. The number of ether oxygens (including phenoxy) is 1. The first-order valence-corrected chi connectivity index (χ1v) is 15.4. The van der Waals surface area contributed by atoms with Crippen LogP contribution in [0.15, 0.2) is 12.2 Å². The summed E-state index contributed by atoms with van der Waals surface area (Å²) in [5, 5.41) is 9.83. The van der Waals surface area contributed by atoms with Crippen molar-refractivity contribution in [1.29, 1.82) is 0 Å². The normalized spacial score (nSPS) is 15.0. The predicted molar refractivity (Wildman–Crippen MR) is 143 cm³/mol. The maximum Gasteiger partial charge on any atom is 0.268 e. The van der Waals surface area contributed by atoms with Crippen molar-refractivity contribution >= 4 is 7.82 Å². The first-order chi connectivity index (χ1) is 16.7. The molecule has 35 heavy (non-hydrogen) atoms. The lowest BCUT2D eigenvalue weighted by Crippen LogP contribution is -2.37. The van der Waals surface area contributed by atoms with E-state index < -0.39 is 13.9 Å². The van der Waals surface area contributed by atoms with E-state index in [1.165, 1.54) is 77.0 Å². The van der Waals surface area contributed by atoms with Crippen LogP contribution in [0.1, 0.15) is 103 Å². The van der Waals surface area contributed by atoms with E-state index in [0.717, 1.165) is 19.3 Å². The smallest absolute Gasteiger partial charge is 0.268 e. The number of likely N-dealkylation sites (N-methyl/N-ethyl adjacent to an activating group) is 1. The van der Waals surface area contributed by atoms with Gasteiger partial charge in [-0.1, -0.05) is 89.7 Å². The molecule has 0 aromatic heterocycles. The average molecular weight is 522 g/mol. The van der Waals surface area contributed by atoms with Gasteiger partial charge in [0.05, 0.1) is 34.4 Å². The second-order valence-corrected chi connectivity index (χ2v) is 12.0. The molecular formula is C27H56NO6P. The maximum atomic E-state index is 11.7. The molecule has 0 aliphatic rings. The summed E-state index contributed by atoms with van der Waals surface area (Å²) in [7, 11) is 1.43. The van der Waals surface area contributed by atoms with Crippen LogP contribution in [0.25, 0.3) is 0 Å². The van der Waals surface area contributed by atoms with E-state index in [-0.39, 0.29) is 19.8 Å². The number of nitrogens with zero attached hydrogens (tertiary/aromatic N) is 1. The second kappa shape index (κ2) is 22.9. The Kier molecular flexibility index (Phi) is 22.7. The summed E-state index contributed by atoms with van der Waals surface area (Å²) in [5.41, 5.74) is 0. The molecule has 0 bridgehead atoms. The van der Waals surface area contributed by atoms with E-state index >= 15 is 0 Å². The van der Waals surface area contributed by atoms with Crippen LogP contribution in [0.4, 0.5) is 0 Å². The third-order valence-corrected chi connectivity index (χ3v) is 6.76. The summed E-state index contributed by atoms with van der Waals surface area (Å²) in [6.07, 6.45) is 22.9. The lowest BCUT2D eigenvalue weighted by molar-refractivity contribution is -0.870. The molecule has 0 aromatic rings.